The molecule has 0 aliphatic carbocycles. The number of aromatic nitrogens is 2. The van der Waals surface area contributed by atoms with Crippen LogP contribution in [0.2, 0.25) is 5.02 Å². The van der Waals surface area contributed by atoms with Crippen molar-refractivity contribution >= 4 is 11.6 Å². The topological polar surface area (TPSA) is 45.5 Å². The molecule has 31 heavy (non-hydrogen) atoms. The molecule has 0 saturated carbocycles. The quantitative estimate of drug-likeness (QED) is 0.361. The van der Waals surface area contributed by atoms with Crippen molar-refractivity contribution in [1.29, 1.82) is 0 Å². The van der Waals surface area contributed by atoms with E-state index in [1.807, 2.05) is 77.5 Å². The minimum absolute atomic E-state index is 0.550. The molecule has 0 unspecified atom stereocenters. The Balaban J connectivity index is 1.81. The molecule has 0 aliphatic rings. The molecule has 4 rings (SSSR count). The monoisotopic (exact) mass is 434 g/mol. The highest BCUT2D eigenvalue weighted by atomic mass is 35.5. The molecule has 5 nitrogen and oxygen atoms in total. The van der Waals surface area contributed by atoms with Gasteiger partial charge in [-0.15, -0.1) is 0 Å². The molecule has 0 amide bonds. The number of hydrogen-bond donors (Lipinski definition) is 0. The maximum absolute atomic E-state index is 6.90. The molecular weight excluding hydrogens is 412 g/mol. The average Bonchev–Trinajstić information content (AvgIpc) is 3.14. The van der Waals surface area contributed by atoms with Gasteiger partial charge >= 0.3 is 0 Å². The van der Waals surface area contributed by atoms with Gasteiger partial charge in [-0.05, 0) is 66.2 Å². The van der Waals surface area contributed by atoms with E-state index in [4.69, 9.17) is 30.9 Å². The first-order valence-corrected chi connectivity index (χ1v) is 10.2. The summed E-state index contributed by atoms with van der Waals surface area (Å²) in [6.45, 7) is 0.550. The van der Waals surface area contributed by atoms with Crippen LogP contribution in [0.1, 0.15) is 5.56 Å². The second kappa shape index (κ2) is 9.14. The number of halogens is 1. The molecule has 1 heterocycles. The molecule has 0 spiro atoms. The molecule has 0 fully saturated rings. The predicted molar refractivity (Wildman–Crippen MR) is 123 cm³/mol. The highest BCUT2D eigenvalue weighted by molar-refractivity contribution is 6.35. The van der Waals surface area contributed by atoms with Crippen molar-refractivity contribution < 1.29 is 14.2 Å². The van der Waals surface area contributed by atoms with E-state index in [0.717, 1.165) is 45.3 Å². The molecule has 0 aliphatic heterocycles. The Morgan fingerprint density at radius 2 is 1.32 bits per heavy atom. The summed E-state index contributed by atoms with van der Waals surface area (Å²) in [4.78, 5) is 0. The van der Waals surface area contributed by atoms with Crippen molar-refractivity contribution in [3.63, 3.8) is 0 Å². The van der Waals surface area contributed by atoms with Crippen molar-refractivity contribution in [3.05, 3.63) is 83.4 Å². The number of hydrogen-bond acceptors (Lipinski definition) is 4. The van der Waals surface area contributed by atoms with Crippen LogP contribution in [0.15, 0.2) is 72.8 Å². The van der Waals surface area contributed by atoms with Crippen molar-refractivity contribution in [1.82, 2.24) is 9.78 Å². The Morgan fingerprint density at radius 3 is 1.90 bits per heavy atom. The third-order valence-electron chi connectivity index (χ3n) is 5.09. The second-order valence-electron chi connectivity index (χ2n) is 6.98. The van der Waals surface area contributed by atoms with Gasteiger partial charge in [0.15, 0.2) is 0 Å². The van der Waals surface area contributed by atoms with Crippen molar-refractivity contribution in [2.24, 2.45) is 0 Å². The maximum Gasteiger partial charge on any atom is 0.119 e. The zero-order valence-electron chi connectivity index (χ0n) is 17.6. The molecule has 158 valence electrons. The van der Waals surface area contributed by atoms with Crippen LogP contribution in [0.3, 0.4) is 0 Å². The van der Waals surface area contributed by atoms with Gasteiger partial charge in [0.05, 0.1) is 38.6 Å². The van der Waals surface area contributed by atoms with E-state index in [-0.39, 0.29) is 0 Å². The van der Waals surface area contributed by atoms with Crippen molar-refractivity contribution in [2.75, 3.05) is 21.3 Å². The van der Waals surface area contributed by atoms with Crippen LogP contribution < -0.4 is 14.2 Å². The molecule has 0 radical (unpaired) electrons. The number of rotatable bonds is 7. The summed E-state index contributed by atoms with van der Waals surface area (Å²) in [6.07, 6.45) is 0. The fraction of sp³-hybridized carbons (Fsp3) is 0.160. The molecule has 6 heteroatoms. The van der Waals surface area contributed by atoms with Crippen LogP contribution in [0, 0.1) is 0 Å². The third-order valence-corrected chi connectivity index (χ3v) is 5.45. The van der Waals surface area contributed by atoms with E-state index in [1.165, 1.54) is 0 Å². The highest BCUT2D eigenvalue weighted by Crippen LogP contribution is 2.38. The zero-order valence-corrected chi connectivity index (χ0v) is 18.4. The molecule has 0 N–H and O–H groups in total. The fourth-order valence-corrected chi connectivity index (χ4v) is 3.81. The van der Waals surface area contributed by atoms with Gasteiger partial charge in [0.2, 0.25) is 0 Å². The first kappa shape index (κ1) is 20.8. The van der Waals surface area contributed by atoms with Crippen molar-refractivity contribution in [3.8, 4) is 39.8 Å². The van der Waals surface area contributed by atoms with Crippen LogP contribution in [0.25, 0.3) is 22.5 Å². The van der Waals surface area contributed by atoms with Gasteiger partial charge < -0.3 is 14.2 Å². The summed E-state index contributed by atoms with van der Waals surface area (Å²) < 4.78 is 17.9. The van der Waals surface area contributed by atoms with E-state index < -0.39 is 0 Å². The molecule has 1 aromatic heterocycles. The summed E-state index contributed by atoms with van der Waals surface area (Å²) in [5.41, 5.74) is 4.51. The van der Waals surface area contributed by atoms with Gasteiger partial charge in [-0.3, -0.25) is 4.68 Å². The van der Waals surface area contributed by atoms with Crippen LogP contribution in [-0.4, -0.2) is 31.1 Å². The van der Waals surface area contributed by atoms with Crippen LogP contribution in [-0.2, 0) is 6.54 Å². The first-order chi connectivity index (χ1) is 15.1. The standard InChI is InChI=1S/C25H23ClN2O3/c1-29-20-11-7-18(8-12-20)24-23(26)25(19-9-13-21(30-2)14-10-19)28(27-24)16-17-5-4-6-22(15-17)31-3/h4-15H,16H2,1-3H3. The van der Waals surface area contributed by atoms with Gasteiger partial charge in [-0.1, -0.05) is 23.7 Å². The van der Waals surface area contributed by atoms with E-state index in [0.29, 0.717) is 11.6 Å². The molecule has 0 bridgehead atoms. The molecule has 0 atom stereocenters. The average molecular weight is 435 g/mol. The lowest BCUT2D eigenvalue weighted by molar-refractivity contribution is 0.414. The number of methoxy groups -OCH3 is 3. The smallest absolute Gasteiger partial charge is 0.119 e. The zero-order chi connectivity index (χ0) is 21.8. The number of ether oxygens (including phenoxy) is 3. The Kier molecular flexibility index (Phi) is 6.14. The largest absolute Gasteiger partial charge is 0.497 e. The first-order valence-electron chi connectivity index (χ1n) is 9.81. The van der Waals surface area contributed by atoms with E-state index in [2.05, 4.69) is 0 Å². The lowest BCUT2D eigenvalue weighted by atomic mass is 10.1. The molecule has 0 saturated heterocycles. The fourth-order valence-electron chi connectivity index (χ4n) is 3.46. The van der Waals surface area contributed by atoms with E-state index in [9.17, 15) is 0 Å². The van der Waals surface area contributed by atoms with Crippen LogP contribution in [0.5, 0.6) is 17.2 Å². The second-order valence-corrected chi connectivity index (χ2v) is 7.36. The Morgan fingerprint density at radius 1 is 0.742 bits per heavy atom. The van der Waals surface area contributed by atoms with Crippen LogP contribution in [0.4, 0.5) is 0 Å². The third kappa shape index (κ3) is 4.37. The maximum atomic E-state index is 6.90. The van der Waals surface area contributed by atoms with E-state index >= 15 is 0 Å². The minimum Gasteiger partial charge on any atom is -0.497 e. The van der Waals surface area contributed by atoms with Gasteiger partial charge in [-0.2, -0.15) is 5.10 Å². The lowest BCUT2D eigenvalue weighted by Crippen LogP contribution is -2.04. The normalized spacial score (nSPS) is 10.7. The minimum atomic E-state index is 0.550. The SMILES string of the molecule is COc1ccc(-c2nn(Cc3cccc(OC)c3)c(-c3ccc(OC)cc3)c2Cl)cc1. The van der Waals surface area contributed by atoms with Gasteiger partial charge in [0.1, 0.15) is 22.9 Å². The summed E-state index contributed by atoms with van der Waals surface area (Å²) in [7, 11) is 4.96. The van der Waals surface area contributed by atoms with Gasteiger partial charge in [-0.25, -0.2) is 0 Å². The van der Waals surface area contributed by atoms with Gasteiger partial charge in [0, 0.05) is 11.1 Å². The molecule has 3 aromatic carbocycles. The highest BCUT2D eigenvalue weighted by Gasteiger charge is 2.20. The molecular formula is C25H23ClN2O3. The van der Waals surface area contributed by atoms with Crippen LogP contribution >= 0.6 is 11.6 Å². The Hall–Kier alpha value is -3.44. The Labute approximate surface area is 186 Å². The molecule has 4 aromatic rings. The van der Waals surface area contributed by atoms with Gasteiger partial charge in [0.25, 0.3) is 0 Å². The number of benzene rings is 3. The van der Waals surface area contributed by atoms with E-state index in [1.54, 1.807) is 21.3 Å². The summed E-state index contributed by atoms with van der Waals surface area (Å²) in [5.74, 6) is 2.37. The summed E-state index contributed by atoms with van der Waals surface area (Å²) >= 11 is 6.90. The summed E-state index contributed by atoms with van der Waals surface area (Å²) in [6, 6.07) is 23.5. The van der Waals surface area contributed by atoms with Crippen molar-refractivity contribution in [2.45, 2.75) is 6.54 Å². The Bertz CT molecular complexity index is 1170. The summed E-state index contributed by atoms with van der Waals surface area (Å²) in [5, 5.41) is 5.47. The number of nitrogens with zero attached hydrogens (tertiary/aromatic N) is 2. The lowest BCUT2D eigenvalue weighted by Gasteiger charge is -2.10. The predicted octanol–water partition coefficient (Wildman–Crippen LogP) is 5.94.